The van der Waals surface area contributed by atoms with E-state index in [1.54, 1.807) is 19.1 Å². The molecule has 0 radical (unpaired) electrons. The van der Waals surface area contributed by atoms with E-state index in [0.29, 0.717) is 31.7 Å². The molecule has 2 nitrogen and oxygen atoms in total. The van der Waals surface area contributed by atoms with Crippen molar-refractivity contribution in [3.63, 3.8) is 0 Å². The predicted octanol–water partition coefficient (Wildman–Crippen LogP) is 3.39. The van der Waals surface area contributed by atoms with E-state index in [0.717, 1.165) is 0 Å². The van der Waals surface area contributed by atoms with E-state index >= 15 is 0 Å². The SMILES string of the molecule is Cc1ccc(Cl)c([C@H](CC(F)F)N2CCNCC2)c1F. The van der Waals surface area contributed by atoms with Crippen LogP contribution < -0.4 is 5.32 Å². The highest BCUT2D eigenvalue weighted by atomic mass is 35.5. The van der Waals surface area contributed by atoms with Crippen LogP contribution in [0.3, 0.4) is 0 Å². The van der Waals surface area contributed by atoms with Crippen LogP contribution in [0.25, 0.3) is 0 Å². The fourth-order valence-corrected chi connectivity index (χ4v) is 2.87. The third-order valence-electron chi connectivity index (χ3n) is 3.65. The molecule has 20 heavy (non-hydrogen) atoms. The third kappa shape index (κ3) is 3.45. The van der Waals surface area contributed by atoms with Gasteiger partial charge >= 0.3 is 0 Å². The zero-order valence-electron chi connectivity index (χ0n) is 11.3. The lowest BCUT2D eigenvalue weighted by Gasteiger charge is -2.35. The van der Waals surface area contributed by atoms with Gasteiger partial charge in [-0.1, -0.05) is 17.7 Å². The first kappa shape index (κ1) is 15.6. The molecule has 0 unspecified atom stereocenters. The number of nitrogens with zero attached hydrogens (tertiary/aromatic N) is 1. The zero-order valence-corrected chi connectivity index (χ0v) is 12.1. The molecule has 1 heterocycles. The lowest BCUT2D eigenvalue weighted by molar-refractivity contribution is 0.0725. The molecule has 0 bridgehead atoms. The van der Waals surface area contributed by atoms with E-state index in [1.807, 2.05) is 4.90 Å². The number of hydrogen-bond donors (Lipinski definition) is 1. The summed E-state index contributed by atoms with van der Waals surface area (Å²) in [7, 11) is 0. The van der Waals surface area contributed by atoms with E-state index in [-0.39, 0.29) is 10.6 Å². The normalized spacial score (nSPS) is 18.5. The molecule has 6 heteroatoms. The van der Waals surface area contributed by atoms with Crippen molar-refractivity contribution in [3.05, 3.63) is 34.1 Å². The summed E-state index contributed by atoms with van der Waals surface area (Å²) in [6, 6.07) is 2.47. The van der Waals surface area contributed by atoms with Crippen molar-refractivity contribution in [2.45, 2.75) is 25.8 Å². The first-order chi connectivity index (χ1) is 9.50. The molecule has 0 saturated carbocycles. The molecular formula is C14H18ClF3N2. The van der Waals surface area contributed by atoms with Crippen molar-refractivity contribution in [3.8, 4) is 0 Å². The lowest BCUT2D eigenvalue weighted by Crippen LogP contribution is -2.45. The van der Waals surface area contributed by atoms with Crippen LogP contribution in [-0.2, 0) is 0 Å². The molecule has 1 aliphatic heterocycles. The molecule has 1 N–H and O–H groups in total. The van der Waals surface area contributed by atoms with Gasteiger partial charge in [-0.3, -0.25) is 4.90 Å². The Hall–Kier alpha value is -0.780. The average molecular weight is 307 g/mol. The number of benzene rings is 1. The van der Waals surface area contributed by atoms with Gasteiger partial charge in [-0.2, -0.15) is 0 Å². The third-order valence-corrected chi connectivity index (χ3v) is 3.98. The highest BCUT2D eigenvalue weighted by Crippen LogP contribution is 2.35. The second kappa shape index (κ2) is 6.78. The standard InChI is InChI=1S/C14H18ClF3N2/c1-9-2-3-10(15)13(14(9)18)11(8-12(16)17)20-6-4-19-5-7-20/h2-3,11-12,19H,4-8H2,1H3/t11-/m0/s1. The second-order valence-electron chi connectivity index (χ2n) is 5.02. The summed E-state index contributed by atoms with van der Waals surface area (Å²) in [5.74, 6) is -0.471. The van der Waals surface area contributed by atoms with Gasteiger partial charge in [0, 0.05) is 49.2 Å². The van der Waals surface area contributed by atoms with Gasteiger partial charge in [-0.05, 0) is 18.6 Å². The first-order valence-electron chi connectivity index (χ1n) is 6.68. The Balaban J connectivity index is 2.37. The number of alkyl halides is 2. The molecule has 2 rings (SSSR count). The molecular weight excluding hydrogens is 289 g/mol. The number of aryl methyl sites for hydroxylation is 1. The number of rotatable bonds is 4. The smallest absolute Gasteiger partial charge is 0.240 e. The maximum atomic E-state index is 14.3. The van der Waals surface area contributed by atoms with Crippen molar-refractivity contribution in [2.24, 2.45) is 0 Å². The minimum atomic E-state index is -2.49. The van der Waals surface area contributed by atoms with Crippen LogP contribution in [0.5, 0.6) is 0 Å². The molecule has 1 atom stereocenters. The van der Waals surface area contributed by atoms with E-state index in [4.69, 9.17) is 11.6 Å². The molecule has 0 amide bonds. The zero-order chi connectivity index (χ0) is 14.7. The highest BCUT2D eigenvalue weighted by Gasteiger charge is 2.29. The van der Waals surface area contributed by atoms with Gasteiger partial charge in [-0.15, -0.1) is 0 Å². The van der Waals surface area contributed by atoms with Gasteiger partial charge < -0.3 is 5.32 Å². The van der Waals surface area contributed by atoms with Crippen LogP contribution in [0, 0.1) is 12.7 Å². The van der Waals surface area contributed by atoms with Gasteiger partial charge in [0.1, 0.15) is 5.82 Å². The van der Waals surface area contributed by atoms with Crippen LogP contribution in [-0.4, -0.2) is 37.5 Å². The van der Waals surface area contributed by atoms with E-state index in [2.05, 4.69) is 5.32 Å². The summed E-state index contributed by atoms with van der Waals surface area (Å²) < 4.78 is 40.1. The van der Waals surface area contributed by atoms with Crippen LogP contribution in [0.15, 0.2) is 12.1 Å². The Morgan fingerprint density at radius 1 is 1.30 bits per heavy atom. The van der Waals surface area contributed by atoms with Crippen molar-refractivity contribution in [1.82, 2.24) is 10.2 Å². The molecule has 112 valence electrons. The average Bonchev–Trinajstić information content (AvgIpc) is 2.43. The number of piperazine rings is 1. The Bertz CT molecular complexity index is 462. The van der Waals surface area contributed by atoms with Gasteiger partial charge in [0.15, 0.2) is 0 Å². The minimum absolute atomic E-state index is 0.203. The van der Waals surface area contributed by atoms with Crippen molar-refractivity contribution in [2.75, 3.05) is 26.2 Å². The largest absolute Gasteiger partial charge is 0.314 e. The van der Waals surface area contributed by atoms with Crippen LogP contribution >= 0.6 is 11.6 Å². The van der Waals surface area contributed by atoms with Crippen LogP contribution in [0.1, 0.15) is 23.6 Å². The van der Waals surface area contributed by atoms with Crippen molar-refractivity contribution >= 4 is 11.6 Å². The predicted molar refractivity (Wildman–Crippen MR) is 74.0 cm³/mol. The summed E-state index contributed by atoms with van der Waals surface area (Å²) in [5, 5.41) is 3.38. The summed E-state index contributed by atoms with van der Waals surface area (Å²) in [6.07, 6.45) is -2.90. The quantitative estimate of drug-likeness (QED) is 0.917. The Labute approximate surface area is 121 Å². The lowest BCUT2D eigenvalue weighted by atomic mass is 9.98. The summed E-state index contributed by atoms with van der Waals surface area (Å²) in [5.41, 5.74) is 0.632. The Morgan fingerprint density at radius 3 is 2.55 bits per heavy atom. The fourth-order valence-electron chi connectivity index (χ4n) is 2.60. The monoisotopic (exact) mass is 306 g/mol. The number of nitrogens with one attached hydrogen (secondary N) is 1. The Kier molecular flexibility index (Phi) is 5.29. The minimum Gasteiger partial charge on any atom is -0.314 e. The summed E-state index contributed by atoms with van der Waals surface area (Å²) >= 11 is 6.07. The van der Waals surface area contributed by atoms with Crippen LogP contribution in [0.4, 0.5) is 13.2 Å². The summed E-state index contributed by atoms with van der Waals surface area (Å²) in [4.78, 5) is 1.88. The van der Waals surface area contributed by atoms with Gasteiger partial charge in [0.2, 0.25) is 6.43 Å². The molecule has 0 spiro atoms. The molecule has 1 saturated heterocycles. The Morgan fingerprint density at radius 2 is 1.95 bits per heavy atom. The fraction of sp³-hybridized carbons (Fsp3) is 0.571. The number of hydrogen-bond acceptors (Lipinski definition) is 2. The molecule has 0 aromatic heterocycles. The molecule has 1 aromatic carbocycles. The maximum Gasteiger partial charge on any atom is 0.240 e. The van der Waals surface area contributed by atoms with Crippen molar-refractivity contribution < 1.29 is 13.2 Å². The van der Waals surface area contributed by atoms with Crippen molar-refractivity contribution in [1.29, 1.82) is 0 Å². The second-order valence-corrected chi connectivity index (χ2v) is 5.43. The van der Waals surface area contributed by atoms with Gasteiger partial charge in [0.05, 0.1) is 0 Å². The first-order valence-corrected chi connectivity index (χ1v) is 7.06. The molecule has 1 aromatic rings. The van der Waals surface area contributed by atoms with E-state index in [1.165, 1.54) is 0 Å². The topological polar surface area (TPSA) is 15.3 Å². The van der Waals surface area contributed by atoms with E-state index < -0.39 is 24.7 Å². The summed E-state index contributed by atoms with van der Waals surface area (Å²) in [6.45, 7) is 4.27. The number of halogens is 4. The maximum absolute atomic E-state index is 14.3. The van der Waals surface area contributed by atoms with Gasteiger partial charge in [-0.25, -0.2) is 13.2 Å². The molecule has 1 fully saturated rings. The van der Waals surface area contributed by atoms with Crippen LogP contribution in [0.2, 0.25) is 5.02 Å². The van der Waals surface area contributed by atoms with E-state index in [9.17, 15) is 13.2 Å². The highest BCUT2D eigenvalue weighted by molar-refractivity contribution is 6.31. The molecule has 1 aliphatic rings. The molecule has 0 aliphatic carbocycles. The van der Waals surface area contributed by atoms with Gasteiger partial charge in [0.25, 0.3) is 0 Å².